The predicted molar refractivity (Wildman–Crippen MR) is 83.2 cm³/mol. The molecule has 0 spiro atoms. The smallest absolute Gasteiger partial charge is 0.166 e. The predicted octanol–water partition coefficient (Wildman–Crippen LogP) is 3.21. The van der Waals surface area contributed by atoms with Crippen LogP contribution in [0.25, 0.3) is 0 Å². The van der Waals surface area contributed by atoms with Gasteiger partial charge in [0.15, 0.2) is 11.5 Å². The van der Waals surface area contributed by atoms with Crippen LogP contribution in [0.4, 0.5) is 5.69 Å². The summed E-state index contributed by atoms with van der Waals surface area (Å²) in [5.74, 6) is 1.57. The van der Waals surface area contributed by atoms with E-state index in [1.54, 1.807) is 19.4 Å². The molecule has 1 atom stereocenters. The van der Waals surface area contributed by atoms with Gasteiger partial charge in [-0.25, -0.2) is 4.98 Å². The van der Waals surface area contributed by atoms with Crippen LogP contribution in [0, 0.1) is 18.3 Å². The van der Waals surface area contributed by atoms with Gasteiger partial charge in [0, 0.05) is 12.0 Å². The summed E-state index contributed by atoms with van der Waals surface area (Å²) in [7, 11) is 1.65. The Balaban J connectivity index is 1.91. The molecule has 2 heterocycles. The van der Waals surface area contributed by atoms with Crippen molar-refractivity contribution in [3.8, 4) is 17.6 Å². The van der Waals surface area contributed by atoms with E-state index in [1.165, 1.54) is 0 Å². The third-order valence-corrected chi connectivity index (χ3v) is 3.70. The number of fused-ring (bicyclic) bond motifs is 1. The number of hydrogen-bond donors (Lipinski definition) is 1. The normalized spacial score (nSPS) is 16.1. The minimum atomic E-state index is 0.132. The lowest BCUT2D eigenvalue weighted by Gasteiger charge is -2.29. The van der Waals surface area contributed by atoms with E-state index in [2.05, 4.69) is 16.4 Å². The first kappa shape index (κ1) is 14.2. The van der Waals surface area contributed by atoms with Gasteiger partial charge in [-0.15, -0.1) is 0 Å². The van der Waals surface area contributed by atoms with Gasteiger partial charge in [0.05, 0.1) is 31.6 Å². The highest BCUT2D eigenvalue weighted by molar-refractivity contribution is 5.55. The lowest BCUT2D eigenvalue weighted by molar-refractivity contribution is 0.257. The second kappa shape index (κ2) is 5.94. The monoisotopic (exact) mass is 295 g/mol. The Morgan fingerprint density at radius 1 is 1.41 bits per heavy atom. The molecule has 5 nitrogen and oxygen atoms in total. The van der Waals surface area contributed by atoms with Crippen LogP contribution < -0.4 is 14.8 Å². The summed E-state index contributed by atoms with van der Waals surface area (Å²) in [6.45, 7) is 2.67. The molecule has 5 heteroatoms. The van der Waals surface area contributed by atoms with Gasteiger partial charge in [-0.2, -0.15) is 5.26 Å². The second-order valence-electron chi connectivity index (χ2n) is 5.26. The van der Waals surface area contributed by atoms with Crippen LogP contribution >= 0.6 is 0 Å². The molecule has 3 rings (SSSR count). The molecule has 112 valence electrons. The fourth-order valence-corrected chi connectivity index (χ4v) is 2.66. The molecule has 1 aromatic carbocycles. The van der Waals surface area contributed by atoms with Gasteiger partial charge in [-0.05, 0) is 30.7 Å². The number of benzene rings is 1. The molecule has 1 aromatic heterocycles. The molecule has 1 aliphatic rings. The van der Waals surface area contributed by atoms with E-state index >= 15 is 0 Å². The number of methoxy groups -OCH3 is 1. The van der Waals surface area contributed by atoms with E-state index in [0.29, 0.717) is 12.3 Å². The van der Waals surface area contributed by atoms with Crippen LogP contribution in [0.3, 0.4) is 0 Å². The molecule has 2 aromatic rings. The van der Waals surface area contributed by atoms with Crippen molar-refractivity contribution >= 4 is 5.69 Å². The molecule has 22 heavy (non-hydrogen) atoms. The third-order valence-electron chi connectivity index (χ3n) is 3.70. The van der Waals surface area contributed by atoms with Gasteiger partial charge >= 0.3 is 0 Å². The van der Waals surface area contributed by atoms with Crippen LogP contribution in [0.5, 0.6) is 11.5 Å². The number of nitriles is 1. The Kier molecular flexibility index (Phi) is 3.84. The van der Waals surface area contributed by atoms with E-state index < -0.39 is 0 Å². The molecule has 1 N–H and O–H groups in total. The summed E-state index contributed by atoms with van der Waals surface area (Å²) in [6.07, 6.45) is 2.54. The molecule has 0 fully saturated rings. The molecule has 0 aliphatic carbocycles. The van der Waals surface area contributed by atoms with Crippen molar-refractivity contribution in [1.29, 1.82) is 5.26 Å². The maximum Gasteiger partial charge on any atom is 0.166 e. The van der Waals surface area contributed by atoms with Gasteiger partial charge in [-0.1, -0.05) is 6.07 Å². The Morgan fingerprint density at radius 2 is 2.27 bits per heavy atom. The Labute approximate surface area is 129 Å². The SMILES string of the molecule is COc1cc(C)cc2c1OCCC2Nc1ccc(C#N)nc1. The maximum atomic E-state index is 8.80. The highest BCUT2D eigenvalue weighted by Crippen LogP contribution is 2.41. The van der Waals surface area contributed by atoms with E-state index in [4.69, 9.17) is 14.7 Å². The van der Waals surface area contributed by atoms with E-state index in [9.17, 15) is 0 Å². The zero-order valence-electron chi connectivity index (χ0n) is 12.6. The van der Waals surface area contributed by atoms with Crippen molar-refractivity contribution in [3.05, 3.63) is 47.3 Å². The Hall–Kier alpha value is -2.74. The average molecular weight is 295 g/mol. The number of nitrogens with one attached hydrogen (secondary N) is 1. The van der Waals surface area contributed by atoms with Crippen molar-refractivity contribution in [2.75, 3.05) is 19.0 Å². The minimum Gasteiger partial charge on any atom is -0.493 e. The Bertz CT molecular complexity index is 720. The van der Waals surface area contributed by atoms with Gasteiger partial charge in [0.2, 0.25) is 0 Å². The summed E-state index contributed by atoms with van der Waals surface area (Å²) in [5, 5.41) is 12.3. The summed E-state index contributed by atoms with van der Waals surface area (Å²) in [5.41, 5.74) is 3.52. The van der Waals surface area contributed by atoms with Crippen LogP contribution in [-0.4, -0.2) is 18.7 Å². The number of ether oxygens (including phenoxy) is 2. The minimum absolute atomic E-state index is 0.132. The first-order chi connectivity index (χ1) is 10.7. The van der Waals surface area contributed by atoms with E-state index in [0.717, 1.165) is 34.7 Å². The number of nitrogens with zero attached hydrogens (tertiary/aromatic N) is 2. The third kappa shape index (κ3) is 2.68. The first-order valence-electron chi connectivity index (χ1n) is 7.15. The summed E-state index contributed by atoms with van der Waals surface area (Å²) in [4.78, 5) is 4.09. The molecule has 0 bridgehead atoms. The lowest BCUT2D eigenvalue weighted by Crippen LogP contribution is -2.21. The van der Waals surface area contributed by atoms with Crippen LogP contribution in [0.2, 0.25) is 0 Å². The zero-order chi connectivity index (χ0) is 15.5. The average Bonchev–Trinajstić information content (AvgIpc) is 2.55. The molecular weight excluding hydrogens is 278 g/mol. The lowest BCUT2D eigenvalue weighted by atomic mass is 9.97. The number of rotatable bonds is 3. The van der Waals surface area contributed by atoms with Gasteiger partial charge < -0.3 is 14.8 Å². The van der Waals surface area contributed by atoms with Crippen LogP contribution in [0.15, 0.2) is 30.5 Å². The number of anilines is 1. The number of aromatic nitrogens is 1. The Morgan fingerprint density at radius 3 is 2.95 bits per heavy atom. The summed E-state index contributed by atoms with van der Waals surface area (Å²) < 4.78 is 11.2. The fraction of sp³-hybridized carbons (Fsp3) is 0.294. The molecule has 1 unspecified atom stereocenters. The van der Waals surface area contributed by atoms with Crippen molar-refractivity contribution in [2.24, 2.45) is 0 Å². The second-order valence-corrected chi connectivity index (χ2v) is 5.26. The zero-order valence-corrected chi connectivity index (χ0v) is 12.6. The molecule has 0 saturated carbocycles. The van der Waals surface area contributed by atoms with Crippen LogP contribution in [-0.2, 0) is 0 Å². The molecule has 0 amide bonds. The van der Waals surface area contributed by atoms with Crippen molar-refractivity contribution in [2.45, 2.75) is 19.4 Å². The van der Waals surface area contributed by atoms with Gasteiger partial charge in [0.1, 0.15) is 11.8 Å². The number of hydrogen-bond acceptors (Lipinski definition) is 5. The number of pyridine rings is 1. The topological polar surface area (TPSA) is 67.2 Å². The van der Waals surface area contributed by atoms with E-state index in [-0.39, 0.29) is 6.04 Å². The molecule has 0 radical (unpaired) electrons. The van der Waals surface area contributed by atoms with Crippen molar-refractivity contribution < 1.29 is 9.47 Å². The molecular formula is C17H17N3O2. The number of aryl methyl sites for hydroxylation is 1. The van der Waals surface area contributed by atoms with Crippen molar-refractivity contribution in [1.82, 2.24) is 4.98 Å². The molecule has 1 aliphatic heterocycles. The van der Waals surface area contributed by atoms with Gasteiger partial charge in [0.25, 0.3) is 0 Å². The fourth-order valence-electron chi connectivity index (χ4n) is 2.66. The van der Waals surface area contributed by atoms with Gasteiger partial charge in [-0.3, -0.25) is 0 Å². The quantitative estimate of drug-likeness (QED) is 0.941. The van der Waals surface area contributed by atoms with Crippen molar-refractivity contribution in [3.63, 3.8) is 0 Å². The molecule has 0 saturated heterocycles. The summed E-state index contributed by atoms with van der Waals surface area (Å²) >= 11 is 0. The largest absolute Gasteiger partial charge is 0.493 e. The van der Waals surface area contributed by atoms with E-state index in [1.807, 2.05) is 25.1 Å². The first-order valence-corrected chi connectivity index (χ1v) is 7.15. The standard InChI is InChI=1S/C17H17N3O2/c1-11-7-14-15(5-6-22-17(14)16(8-11)21-2)20-13-4-3-12(9-18)19-10-13/h3-4,7-8,10,15,20H,5-6H2,1-2H3. The summed E-state index contributed by atoms with van der Waals surface area (Å²) in [6, 6.07) is 9.82. The van der Waals surface area contributed by atoms with Crippen LogP contribution in [0.1, 0.15) is 29.3 Å². The maximum absolute atomic E-state index is 8.80. The highest BCUT2D eigenvalue weighted by atomic mass is 16.5. The highest BCUT2D eigenvalue weighted by Gasteiger charge is 2.25.